The Kier molecular flexibility index (Phi) is 5.19. The Morgan fingerprint density at radius 2 is 1.91 bits per heavy atom. The van der Waals surface area contributed by atoms with Gasteiger partial charge in [0.1, 0.15) is 6.33 Å². The number of hydrogen-bond donors (Lipinski definition) is 0. The highest BCUT2D eigenvalue weighted by atomic mass is 19.3. The van der Waals surface area contributed by atoms with Gasteiger partial charge in [-0.05, 0) is 56.7 Å². The third-order valence-corrected chi connectivity index (χ3v) is 6.15. The molecular weight excluding hydrogens is 414 g/mol. The number of halogens is 2. The molecule has 1 atom stereocenters. The summed E-state index contributed by atoms with van der Waals surface area (Å²) >= 11 is 0. The molecule has 1 unspecified atom stereocenters. The van der Waals surface area contributed by atoms with Crippen molar-refractivity contribution < 1.29 is 13.6 Å². The van der Waals surface area contributed by atoms with Gasteiger partial charge in [0.05, 0.1) is 6.04 Å². The zero-order valence-electron chi connectivity index (χ0n) is 17.7. The van der Waals surface area contributed by atoms with Crippen molar-refractivity contribution in [1.29, 1.82) is 0 Å². The second-order valence-electron chi connectivity index (χ2n) is 8.63. The molecule has 2 aliphatic carbocycles. The molecule has 0 bridgehead atoms. The Balaban J connectivity index is 1.46. The van der Waals surface area contributed by atoms with E-state index in [4.69, 9.17) is 0 Å². The van der Waals surface area contributed by atoms with Crippen LogP contribution in [0.15, 0.2) is 49.1 Å². The zero-order chi connectivity index (χ0) is 22.3. The van der Waals surface area contributed by atoms with E-state index in [0.29, 0.717) is 37.1 Å². The summed E-state index contributed by atoms with van der Waals surface area (Å²) in [5.74, 6) is -2.54. The largest absolute Gasteiger partial charge is 0.328 e. The van der Waals surface area contributed by atoms with Crippen molar-refractivity contribution in [2.24, 2.45) is 11.8 Å². The van der Waals surface area contributed by atoms with Gasteiger partial charge in [0, 0.05) is 36.0 Å². The first-order valence-electron chi connectivity index (χ1n) is 10.9. The van der Waals surface area contributed by atoms with Crippen LogP contribution in [0.4, 0.5) is 8.78 Å². The number of hydrogen-bond acceptors (Lipinski definition) is 5. The lowest BCUT2D eigenvalue weighted by Gasteiger charge is -2.29. The van der Waals surface area contributed by atoms with E-state index < -0.39 is 17.9 Å². The highest BCUT2D eigenvalue weighted by molar-refractivity contribution is 5.94. The van der Waals surface area contributed by atoms with Crippen molar-refractivity contribution in [3.8, 4) is 5.95 Å². The number of carbonyl (C=O) groups excluding carboxylic acids is 1. The summed E-state index contributed by atoms with van der Waals surface area (Å²) in [5.41, 5.74) is 0.170. The molecule has 2 aliphatic rings. The molecule has 32 heavy (non-hydrogen) atoms. The molecular formula is C23H24F2N6O. The van der Waals surface area contributed by atoms with E-state index in [2.05, 4.69) is 20.1 Å². The fourth-order valence-electron chi connectivity index (χ4n) is 3.93. The summed E-state index contributed by atoms with van der Waals surface area (Å²) in [6.45, 7) is 2.40. The summed E-state index contributed by atoms with van der Waals surface area (Å²) in [6.07, 6.45) is 7.75. The van der Waals surface area contributed by atoms with Crippen LogP contribution in [0.1, 0.15) is 60.4 Å². The van der Waals surface area contributed by atoms with Crippen LogP contribution in [-0.4, -0.2) is 42.1 Å². The van der Waals surface area contributed by atoms with E-state index in [1.807, 2.05) is 6.92 Å². The molecule has 1 aromatic carbocycles. The molecule has 0 radical (unpaired) electrons. The minimum atomic E-state index is -2.91. The topological polar surface area (TPSA) is 76.8 Å². The molecule has 7 nitrogen and oxygen atoms in total. The quantitative estimate of drug-likeness (QED) is 0.528. The molecule has 2 aromatic heterocycles. The van der Waals surface area contributed by atoms with Crippen molar-refractivity contribution in [3.05, 3.63) is 66.0 Å². The first-order chi connectivity index (χ1) is 15.4. The van der Waals surface area contributed by atoms with E-state index >= 15 is 0 Å². The second-order valence-corrected chi connectivity index (χ2v) is 8.63. The number of nitrogens with zero attached hydrogens (tertiary/aromatic N) is 6. The van der Waals surface area contributed by atoms with Crippen molar-refractivity contribution in [1.82, 2.24) is 29.6 Å². The molecule has 3 aromatic rings. The fraction of sp³-hybridized carbons (Fsp3) is 0.435. The lowest BCUT2D eigenvalue weighted by Crippen LogP contribution is -2.37. The first-order valence-corrected chi connectivity index (χ1v) is 10.9. The Bertz CT molecular complexity index is 1110. The van der Waals surface area contributed by atoms with Crippen LogP contribution in [0.25, 0.3) is 5.95 Å². The van der Waals surface area contributed by atoms with Crippen LogP contribution < -0.4 is 0 Å². The van der Waals surface area contributed by atoms with Crippen LogP contribution in [0.2, 0.25) is 0 Å². The van der Waals surface area contributed by atoms with Crippen molar-refractivity contribution in [2.75, 3.05) is 6.54 Å². The maximum Gasteiger partial charge on any atom is 0.276 e. The van der Waals surface area contributed by atoms with Gasteiger partial charge in [0.15, 0.2) is 5.82 Å². The van der Waals surface area contributed by atoms with Crippen LogP contribution in [-0.2, 0) is 5.92 Å². The average Bonchev–Trinajstić information content (AvgIpc) is 3.75. The van der Waals surface area contributed by atoms with Gasteiger partial charge in [-0.2, -0.15) is 9.78 Å². The smallest absolute Gasteiger partial charge is 0.276 e. The third kappa shape index (κ3) is 3.99. The third-order valence-electron chi connectivity index (χ3n) is 6.15. The molecule has 0 N–H and O–H groups in total. The van der Waals surface area contributed by atoms with E-state index in [0.717, 1.165) is 12.8 Å². The van der Waals surface area contributed by atoms with Gasteiger partial charge in [0.2, 0.25) is 0 Å². The Morgan fingerprint density at radius 1 is 1.16 bits per heavy atom. The van der Waals surface area contributed by atoms with Gasteiger partial charge >= 0.3 is 0 Å². The summed E-state index contributed by atoms with van der Waals surface area (Å²) in [5, 5.41) is 4.23. The Hall–Kier alpha value is -3.23. The first kappa shape index (κ1) is 20.7. The average molecular weight is 438 g/mol. The minimum absolute atomic E-state index is 0.0919. The van der Waals surface area contributed by atoms with Crippen LogP contribution in [0.5, 0.6) is 0 Å². The van der Waals surface area contributed by atoms with Gasteiger partial charge in [-0.25, -0.2) is 23.7 Å². The number of amides is 1. The molecule has 2 fully saturated rings. The van der Waals surface area contributed by atoms with E-state index in [1.54, 1.807) is 35.5 Å². The molecule has 9 heteroatoms. The Labute approximate surface area is 184 Å². The molecule has 2 saturated carbocycles. The van der Waals surface area contributed by atoms with Crippen LogP contribution in [0, 0.1) is 11.8 Å². The summed E-state index contributed by atoms with van der Waals surface area (Å²) in [6, 6.07) is 7.16. The lowest BCUT2D eigenvalue weighted by molar-refractivity contribution is -0.0285. The monoisotopic (exact) mass is 438 g/mol. The van der Waals surface area contributed by atoms with E-state index in [1.165, 1.54) is 23.1 Å². The number of aromatic nitrogens is 5. The molecule has 1 amide bonds. The molecule has 0 spiro atoms. The second kappa shape index (κ2) is 8.03. The van der Waals surface area contributed by atoms with Gasteiger partial charge in [-0.3, -0.25) is 4.79 Å². The van der Waals surface area contributed by atoms with Gasteiger partial charge in [-0.1, -0.05) is 12.1 Å². The fourth-order valence-corrected chi connectivity index (χ4v) is 3.93. The lowest BCUT2D eigenvalue weighted by atomic mass is 10.0. The highest BCUT2D eigenvalue weighted by Gasteiger charge is 2.48. The standard InChI is InChI=1S/C23H24F2N6O/c1-15(20-28-14-29-31(20)22-26-10-3-11-27-22)30(13-16-6-7-16)21(32)17-4-2-5-19(12-17)23(24,25)18-8-9-18/h2-5,10-12,14-16,18H,6-9,13H2,1H3. The number of benzene rings is 1. The molecule has 0 saturated heterocycles. The Morgan fingerprint density at radius 3 is 2.59 bits per heavy atom. The molecule has 0 aliphatic heterocycles. The van der Waals surface area contributed by atoms with Gasteiger partial charge < -0.3 is 4.90 Å². The number of alkyl halides is 2. The van der Waals surface area contributed by atoms with E-state index in [9.17, 15) is 13.6 Å². The molecule has 5 rings (SSSR count). The maximum atomic E-state index is 14.7. The number of rotatable bonds is 8. The van der Waals surface area contributed by atoms with Gasteiger partial charge in [-0.15, -0.1) is 0 Å². The predicted octanol–water partition coefficient (Wildman–Crippen LogP) is 4.17. The van der Waals surface area contributed by atoms with Crippen molar-refractivity contribution >= 4 is 5.91 Å². The molecule has 166 valence electrons. The minimum Gasteiger partial charge on any atom is -0.328 e. The van der Waals surface area contributed by atoms with Crippen molar-refractivity contribution in [2.45, 2.75) is 44.6 Å². The SMILES string of the molecule is CC(c1ncnn1-c1ncccn1)N(CC1CC1)C(=O)c1cccc(C(F)(F)C2CC2)c1. The van der Waals surface area contributed by atoms with Crippen molar-refractivity contribution in [3.63, 3.8) is 0 Å². The maximum absolute atomic E-state index is 14.7. The summed E-state index contributed by atoms with van der Waals surface area (Å²) < 4.78 is 30.8. The predicted molar refractivity (Wildman–Crippen MR) is 112 cm³/mol. The normalized spacial score (nSPS) is 17.2. The van der Waals surface area contributed by atoms with Gasteiger partial charge in [0.25, 0.3) is 17.8 Å². The van der Waals surface area contributed by atoms with E-state index in [-0.39, 0.29) is 17.0 Å². The molecule has 2 heterocycles. The summed E-state index contributed by atoms with van der Waals surface area (Å²) in [7, 11) is 0. The van der Waals surface area contributed by atoms with Crippen LogP contribution >= 0.6 is 0 Å². The summed E-state index contributed by atoms with van der Waals surface area (Å²) in [4.78, 5) is 28.1. The van der Waals surface area contributed by atoms with Crippen LogP contribution in [0.3, 0.4) is 0 Å². The number of carbonyl (C=O) groups is 1. The zero-order valence-corrected chi connectivity index (χ0v) is 17.7. The highest BCUT2D eigenvalue weighted by Crippen LogP contribution is 2.49.